The van der Waals surface area contributed by atoms with Crippen molar-refractivity contribution in [3.05, 3.63) is 99.6 Å². The van der Waals surface area contributed by atoms with E-state index < -0.39 is 10.8 Å². The second-order valence-electron chi connectivity index (χ2n) is 6.39. The molecule has 0 unspecified atom stereocenters. The SMILES string of the molecule is Cc1ccc(Sc2ccc(/C=C(/C#N)C(=O)Nc3ccccc3)cc2[N+](=O)[O-])cc1. The van der Waals surface area contributed by atoms with Crippen molar-refractivity contribution in [3.8, 4) is 6.07 Å². The van der Waals surface area contributed by atoms with Gasteiger partial charge in [0.1, 0.15) is 11.6 Å². The maximum absolute atomic E-state index is 12.4. The van der Waals surface area contributed by atoms with Crippen LogP contribution in [0.5, 0.6) is 0 Å². The number of para-hydroxylation sites is 1. The van der Waals surface area contributed by atoms with E-state index >= 15 is 0 Å². The van der Waals surface area contributed by atoms with Gasteiger partial charge in [-0.15, -0.1) is 0 Å². The number of anilines is 1. The molecule has 0 aliphatic carbocycles. The predicted octanol–water partition coefficient (Wildman–Crippen LogP) is 5.60. The highest BCUT2D eigenvalue weighted by atomic mass is 32.2. The second kappa shape index (κ2) is 9.54. The first-order valence-corrected chi connectivity index (χ1v) is 9.79. The zero-order valence-electron chi connectivity index (χ0n) is 16.0. The van der Waals surface area contributed by atoms with Crippen molar-refractivity contribution in [3.63, 3.8) is 0 Å². The van der Waals surface area contributed by atoms with E-state index in [4.69, 9.17) is 0 Å². The van der Waals surface area contributed by atoms with Crippen molar-refractivity contribution in [1.29, 1.82) is 5.26 Å². The van der Waals surface area contributed by atoms with Crippen LogP contribution in [0.1, 0.15) is 11.1 Å². The third-order valence-corrected chi connectivity index (χ3v) is 5.21. The smallest absolute Gasteiger partial charge is 0.283 e. The Morgan fingerprint density at radius 1 is 1.10 bits per heavy atom. The van der Waals surface area contributed by atoms with Crippen LogP contribution in [0.4, 0.5) is 11.4 Å². The molecular weight excluding hydrogens is 398 g/mol. The number of nitro benzene ring substituents is 1. The molecule has 1 N–H and O–H groups in total. The first kappa shape index (κ1) is 20.8. The molecule has 1 amide bonds. The van der Waals surface area contributed by atoms with E-state index in [1.165, 1.54) is 23.9 Å². The van der Waals surface area contributed by atoms with Crippen LogP contribution in [0, 0.1) is 28.4 Å². The summed E-state index contributed by atoms with van der Waals surface area (Å²) in [6.07, 6.45) is 1.34. The largest absolute Gasteiger partial charge is 0.321 e. The predicted molar refractivity (Wildman–Crippen MR) is 117 cm³/mol. The molecule has 3 rings (SSSR count). The highest BCUT2D eigenvalue weighted by molar-refractivity contribution is 7.99. The molecule has 0 saturated carbocycles. The molecule has 0 aliphatic rings. The van der Waals surface area contributed by atoms with Crippen molar-refractivity contribution in [2.75, 3.05) is 5.32 Å². The zero-order valence-corrected chi connectivity index (χ0v) is 16.8. The maximum Gasteiger partial charge on any atom is 0.283 e. The van der Waals surface area contributed by atoms with Crippen LogP contribution in [-0.2, 0) is 4.79 Å². The molecule has 7 heteroatoms. The van der Waals surface area contributed by atoms with E-state index in [1.54, 1.807) is 36.4 Å². The number of nitro groups is 1. The van der Waals surface area contributed by atoms with Gasteiger partial charge in [-0.2, -0.15) is 5.26 Å². The Labute approximate surface area is 178 Å². The first-order valence-electron chi connectivity index (χ1n) is 8.97. The fraction of sp³-hybridized carbons (Fsp3) is 0.0435. The fourth-order valence-corrected chi connectivity index (χ4v) is 3.52. The van der Waals surface area contributed by atoms with E-state index in [2.05, 4.69) is 5.32 Å². The lowest BCUT2D eigenvalue weighted by Crippen LogP contribution is -2.13. The second-order valence-corrected chi connectivity index (χ2v) is 7.50. The topological polar surface area (TPSA) is 96.0 Å². The maximum atomic E-state index is 12.4. The molecule has 3 aromatic carbocycles. The van der Waals surface area contributed by atoms with E-state index in [1.807, 2.05) is 43.3 Å². The Morgan fingerprint density at radius 2 is 1.80 bits per heavy atom. The van der Waals surface area contributed by atoms with Crippen LogP contribution in [0.15, 0.2) is 88.2 Å². The minimum absolute atomic E-state index is 0.0879. The van der Waals surface area contributed by atoms with Crippen molar-refractivity contribution >= 4 is 35.1 Å². The highest BCUT2D eigenvalue weighted by Crippen LogP contribution is 2.35. The molecule has 148 valence electrons. The minimum Gasteiger partial charge on any atom is -0.321 e. The van der Waals surface area contributed by atoms with E-state index in [9.17, 15) is 20.2 Å². The lowest BCUT2D eigenvalue weighted by Gasteiger charge is -2.06. The van der Waals surface area contributed by atoms with Crippen LogP contribution in [0.2, 0.25) is 0 Å². The molecule has 0 atom stereocenters. The summed E-state index contributed by atoms with van der Waals surface area (Å²) >= 11 is 1.29. The Bertz CT molecular complexity index is 1150. The van der Waals surface area contributed by atoms with Gasteiger partial charge in [0, 0.05) is 16.6 Å². The van der Waals surface area contributed by atoms with Crippen molar-refractivity contribution in [2.24, 2.45) is 0 Å². The number of benzene rings is 3. The van der Waals surface area contributed by atoms with Gasteiger partial charge < -0.3 is 5.32 Å². The van der Waals surface area contributed by atoms with Crippen LogP contribution in [-0.4, -0.2) is 10.8 Å². The average molecular weight is 415 g/mol. The molecule has 0 spiro atoms. The number of aryl methyl sites for hydroxylation is 1. The number of carbonyl (C=O) groups is 1. The standard InChI is InChI=1S/C23H17N3O3S/c1-16-7-10-20(11-8-16)30-22-12-9-17(14-21(22)26(28)29)13-18(15-24)23(27)25-19-5-3-2-4-6-19/h2-14H,1H3,(H,25,27)/b18-13-. The monoisotopic (exact) mass is 415 g/mol. The Balaban J connectivity index is 1.87. The van der Waals surface area contributed by atoms with Crippen molar-refractivity contribution in [2.45, 2.75) is 16.7 Å². The molecule has 0 aromatic heterocycles. The third kappa shape index (κ3) is 5.34. The Morgan fingerprint density at radius 3 is 2.43 bits per heavy atom. The number of rotatable bonds is 6. The summed E-state index contributed by atoms with van der Waals surface area (Å²) in [4.78, 5) is 24.8. The van der Waals surface area contributed by atoms with Gasteiger partial charge >= 0.3 is 0 Å². The molecule has 6 nitrogen and oxygen atoms in total. The Kier molecular flexibility index (Phi) is 6.63. The summed E-state index contributed by atoms with van der Waals surface area (Å²) in [5.41, 5.74) is 1.82. The van der Waals surface area contributed by atoms with Crippen LogP contribution in [0.3, 0.4) is 0 Å². The number of nitrogens with zero attached hydrogens (tertiary/aromatic N) is 2. The van der Waals surface area contributed by atoms with E-state index in [-0.39, 0.29) is 11.3 Å². The average Bonchev–Trinajstić information content (AvgIpc) is 2.75. The number of amides is 1. The normalized spacial score (nSPS) is 10.9. The molecule has 0 saturated heterocycles. The molecular formula is C23H17N3O3S. The van der Waals surface area contributed by atoms with Gasteiger partial charge in [-0.05, 0) is 48.9 Å². The van der Waals surface area contributed by atoms with Gasteiger partial charge in [-0.25, -0.2) is 0 Å². The Hall–Kier alpha value is -3.89. The summed E-state index contributed by atoms with van der Waals surface area (Å²) < 4.78 is 0. The molecule has 30 heavy (non-hydrogen) atoms. The molecule has 0 bridgehead atoms. The van der Waals surface area contributed by atoms with Crippen molar-refractivity contribution in [1.82, 2.24) is 0 Å². The molecule has 3 aromatic rings. The quantitative estimate of drug-likeness (QED) is 0.245. The van der Waals surface area contributed by atoms with E-state index in [0.29, 0.717) is 16.1 Å². The zero-order chi connectivity index (χ0) is 21.5. The lowest BCUT2D eigenvalue weighted by atomic mass is 10.1. The fourth-order valence-electron chi connectivity index (χ4n) is 2.62. The number of hydrogen-bond donors (Lipinski definition) is 1. The number of carbonyl (C=O) groups excluding carboxylic acids is 1. The van der Waals surface area contributed by atoms with Gasteiger partial charge in [-0.3, -0.25) is 14.9 Å². The molecule has 0 fully saturated rings. The van der Waals surface area contributed by atoms with Gasteiger partial charge in [0.25, 0.3) is 11.6 Å². The lowest BCUT2D eigenvalue weighted by molar-refractivity contribution is -0.387. The summed E-state index contributed by atoms with van der Waals surface area (Å²) in [5, 5.41) is 23.6. The van der Waals surface area contributed by atoms with Gasteiger partial charge in [0.2, 0.25) is 0 Å². The molecule has 0 heterocycles. The molecule has 0 aliphatic heterocycles. The van der Waals surface area contributed by atoms with Crippen LogP contribution >= 0.6 is 11.8 Å². The van der Waals surface area contributed by atoms with Gasteiger partial charge in [-0.1, -0.05) is 53.7 Å². The molecule has 0 radical (unpaired) electrons. The summed E-state index contributed by atoms with van der Waals surface area (Å²) in [6.45, 7) is 1.97. The minimum atomic E-state index is -0.579. The third-order valence-electron chi connectivity index (χ3n) is 4.14. The van der Waals surface area contributed by atoms with Crippen LogP contribution in [0.25, 0.3) is 6.08 Å². The number of nitriles is 1. The highest BCUT2D eigenvalue weighted by Gasteiger charge is 2.17. The summed E-state index contributed by atoms with van der Waals surface area (Å²) in [7, 11) is 0. The number of hydrogen-bond acceptors (Lipinski definition) is 5. The number of nitrogens with one attached hydrogen (secondary N) is 1. The van der Waals surface area contributed by atoms with Crippen LogP contribution < -0.4 is 5.32 Å². The van der Waals surface area contributed by atoms with E-state index in [0.717, 1.165) is 10.5 Å². The summed E-state index contributed by atoms with van der Waals surface area (Å²) in [5.74, 6) is -0.579. The first-order chi connectivity index (χ1) is 14.5. The summed E-state index contributed by atoms with van der Waals surface area (Å²) in [6, 6.07) is 22.9. The van der Waals surface area contributed by atoms with Gasteiger partial charge in [0.05, 0.1) is 9.82 Å². The van der Waals surface area contributed by atoms with Gasteiger partial charge in [0.15, 0.2) is 0 Å². The van der Waals surface area contributed by atoms with Crippen molar-refractivity contribution < 1.29 is 9.72 Å².